The molecule has 0 fully saturated rings. The molecule has 1 N–H and O–H groups in total. The molecular formula is C21H26N4O2. The molecule has 27 heavy (non-hydrogen) atoms. The molecule has 4 rings (SSSR count). The standard InChI is InChI=1S/C21H26N4O2/c1-13(2)12-24-16-9-7-6-8-14(16)21(19(24)27)10-17(26)23-18-15(21)11-22-25(18)20(3,4)5/h6-9,11,13H,10,12H2,1-5H3,(H,23,26)/t21-/m1/s1. The summed E-state index contributed by atoms with van der Waals surface area (Å²) in [4.78, 5) is 28.3. The molecule has 0 aliphatic carbocycles. The van der Waals surface area contributed by atoms with E-state index in [-0.39, 0.29) is 23.8 Å². The lowest BCUT2D eigenvalue weighted by atomic mass is 9.71. The van der Waals surface area contributed by atoms with E-state index >= 15 is 0 Å². The molecule has 1 spiro atoms. The minimum Gasteiger partial charge on any atom is -0.311 e. The molecule has 1 atom stereocenters. The van der Waals surface area contributed by atoms with Gasteiger partial charge in [0.25, 0.3) is 0 Å². The zero-order valence-corrected chi connectivity index (χ0v) is 16.5. The number of hydrogen-bond acceptors (Lipinski definition) is 3. The molecule has 0 radical (unpaired) electrons. The van der Waals surface area contributed by atoms with Crippen LogP contribution in [0.3, 0.4) is 0 Å². The first kappa shape index (κ1) is 17.8. The predicted molar refractivity (Wildman–Crippen MR) is 105 cm³/mol. The van der Waals surface area contributed by atoms with Crippen molar-refractivity contribution in [2.75, 3.05) is 16.8 Å². The maximum Gasteiger partial charge on any atom is 0.242 e. The normalized spacial score (nSPS) is 21.6. The topological polar surface area (TPSA) is 67.2 Å². The summed E-state index contributed by atoms with van der Waals surface area (Å²) in [6, 6.07) is 7.84. The van der Waals surface area contributed by atoms with Gasteiger partial charge in [-0.2, -0.15) is 5.10 Å². The number of nitrogens with zero attached hydrogens (tertiary/aromatic N) is 3. The second-order valence-electron chi connectivity index (χ2n) is 8.95. The fourth-order valence-electron chi connectivity index (χ4n) is 4.30. The van der Waals surface area contributed by atoms with E-state index in [1.54, 1.807) is 6.20 Å². The number of anilines is 2. The fraction of sp³-hybridized carbons (Fsp3) is 0.476. The molecular weight excluding hydrogens is 340 g/mol. The van der Waals surface area contributed by atoms with E-state index in [2.05, 4.69) is 24.3 Å². The molecule has 0 saturated heterocycles. The van der Waals surface area contributed by atoms with E-state index in [4.69, 9.17) is 0 Å². The van der Waals surface area contributed by atoms with Gasteiger partial charge in [0.15, 0.2) is 0 Å². The Hall–Kier alpha value is -2.63. The van der Waals surface area contributed by atoms with Gasteiger partial charge < -0.3 is 10.2 Å². The summed E-state index contributed by atoms with van der Waals surface area (Å²) in [5.41, 5.74) is 1.30. The molecule has 142 valence electrons. The quantitative estimate of drug-likeness (QED) is 0.887. The number of hydrogen-bond donors (Lipinski definition) is 1. The Labute approximate surface area is 159 Å². The maximum absolute atomic E-state index is 13.8. The van der Waals surface area contributed by atoms with Gasteiger partial charge >= 0.3 is 0 Å². The number of carbonyl (C=O) groups is 2. The highest BCUT2D eigenvalue weighted by atomic mass is 16.2. The van der Waals surface area contributed by atoms with E-state index in [1.807, 2.05) is 54.6 Å². The van der Waals surface area contributed by atoms with Crippen molar-refractivity contribution in [3.05, 3.63) is 41.6 Å². The Morgan fingerprint density at radius 3 is 2.56 bits per heavy atom. The van der Waals surface area contributed by atoms with Gasteiger partial charge in [0.2, 0.25) is 11.8 Å². The number of fused-ring (bicyclic) bond motifs is 4. The highest BCUT2D eigenvalue weighted by Crippen LogP contribution is 2.52. The molecule has 2 aromatic rings. The molecule has 6 nitrogen and oxygen atoms in total. The number of benzene rings is 1. The van der Waals surface area contributed by atoms with Crippen LogP contribution in [0.5, 0.6) is 0 Å². The van der Waals surface area contributed by atoms with Gasteiger partial charge in [-0.25, -0.2) is 4.68 Å². The Morgan fingerprint density at radius 1 is 1.19 bits per heavy atom. The van der Waals surface area contributed by atoms with Crippen molar-refractivity contribution < 1.29 is 9.59 Å². The fourth-order valence-corrected chi connectivity index (χ4v) is 4.30. The van der Waals surface area contributed by atoms with Crippen LogP contribution in [0, 0.1) is 5.92 Å². The Morgan fingerprint density at radius 2 is 1.89 bits per heavy atom. The summed E-state index contributed by atoms with van der Waals surface area (Å²) in [5, 5.41) is 7.51. The highest BCUT2D eigenvalue weighted by Gasteiger charge is 2.57. The molecule has 2 amide bonds. The second kappa shape index (κ2) is 5.68. The molecule has 0 unspecified atom stereocenters. The number of rotatable bonds is 2. The third-order valence-corrected chi connectivity index (χ3v) is 5.36. The summed E-state index contributed by atoms with van der Waals surface area (Å²) in [6.45, 7) is 10.9. The first-order valence-corrected chi connectivity index (χ1v) is 9.46. The van der Waals surface area contributed by atoms with Crippen molar-refractivity contribution >= 4 is 23.3 Å². The number of nitrogens with one attached hydrogen (secondary N) is 1. The lowest BCUT2D eigenvalue weighted by Gasteiger charge is -2.34. The van der Waals surface area contributed by atoms with Crippen LogP contribution >= 0.6 is 0 Å². The minimum atomic E-state index is -0.993. The molecule has 1 aromatic heterocycles. The number of para-hydroxylation sites is 1. The van der Waals surface area contributed by atoms with E-state index < -0.39 is 5.41 Å². The van der Waals surface area contributed by atoms with Crippen LogP contribution < -0.4 is 10.2 Å². The smallest absolute Gasteiger partial charge is 0.242 e. The van der Waals surface area contributed by atoms with Crippen molar-refractivity contribution in [2.45, 2.75) is 52.0 Å². The highest BCUT2D eigenvalue weighted by molar-refractivity contribution is 6.15. The number of carbonyl (C=O) groups excluding carboxylic acids is 2. The summed E-state index contributed by atoms with van der Waals surface area (Å²) in [5.74, 6) is 0.782. The van der Waals surface area contributed by atoms with Gasteiger partial charge in [-0.05, 0) is 38.3 Å². The van der Waals surface area contributed by atoms with E-state index in [0.717, 1.165) is 16.8 Å². The Balaban J connectivity index is 1.98. The van der Waals surface area contributed by atoms with Gasteiger partial charge in [0.1, 0.15) is 11.2 Å². The average molecular weight is 366 g/mol. The molecule has 0 saturated carbocycles. The lowest BCUT2D eigenvalue weighted by Crippen LogP contribution is -2.47. The third-order valence-electron chi connectivity index (χ3n) is 5.36. The largest absolute Gasteiger partial charge is 0.311 e. The van der Waals surface area contributed by atoms with Gasteiger partial charge in [-0.1, -0.05) is 32.0 Å². The molecule has 0 bridgehead atoms. The number of aromatic nitrogens is 2. The zero-order valence-electron chi connectivity index (χ0n) is 16.5. The van der Waals surface area contributed by atoms with Crippen LogP contribution in [0.15, 0.2) is 30.5 Å². The van der Waals surface area contributed by atoms with Crippen molar-refractivity contribution in [3.8, 4) is 0 Å². The van der Waals surface area contributed by atoms with Crippen molar-refractivity contribution in [1.29, 1.82) is 0 Å². The lowest BCUT2D eigenvalue weighted by molar-refractivity contribution is -0.126. The van der Waals surface area contributed by atoms with Gasteiger partial charge in [0, 0.05) is 24.2 Å². The summed E-state index contributed by atoms with van der Waals surface area (Å²) < 4.78 is 1.81. The summed E-state index contributed by atoms with van der Waals surface area (Å²) >= 11 is 0. The first-order chi connectivity index (χ1) is 12.7. The van der Waals surface area contributed by atoms with Crippen LogP contribution in [-0.2, 0) is 20.5 Å². The van der Waals surface area contributed by atoms with Crippen molar-refractivity contribution in [2.24, 2.45) is 5.92 Å². The van der Waals surface area contributed by atoms with Crippen LogP contribution in [0.25, 0.3) is 0 Å². The minimum absolute atomic E-state index is 0.0260. The van der Waals surface area contributed by atoms with Crippen LogP contribution in [0.1, 0.15) is 52.2 Å². The predicted octanol–water partition coefficient (Wildman–Crippen LogP) is 3.27. The third kappa shape index (κ3) is 2.42. The van der Waals surface area contributed by atoms with Crippen molar-refractivity contribution in [3.63, 3.8) is 0 Å². The van der Waals surface area contributed by atoms with E-state index in [0.29, 0.717) is 18.3 Å². The van der Waals surface area contributed by atoms with Crippen LogP contribution in [-0.4, -0.2) is 28.1 Å². The summed E-state index contributed by atoms with van der Waals surface area (Å²) in [6.07, 6.45) is 1.87. The average Bonchev–Trinajstić information content (AvgIpc) is 3.10. The Kier molecular flexibility index (Phi) is 3.74. The zero-order chi connectivity index (χ0) is 19.6. The van der Waals surface area contributed by atoms with Crippen LogP contribution in [0.4, 0.5) is 11.5 Å². The second-order valence-corrected chi connectivity index (χ2v) is 8.95. The summed E-state index contributed by atoms with van der Waals surface area (Å²) in [7, 11) is 0. The molecule has 3 heterocycles. The monoisotopic (exact) mass is 366 g/mol. The molecule has 1 aromatic carbocycles. The first-order valence-electron chi connectivity index (χ1n) is 9.46. The molecule has 2 aliphatic heterocycles. The van der Waals surface area contributed by atoms with Gasteiger partial charge in [-0.15, -0.1) is 0 Å². The maximum atomic E-state index is 13.8. The molecule has 6 heteroatoms. The molecule has 2 aliphatic rings. The number of amides is 2. The van der Waals surface area contributed by atoms with E-state index in [1.165, 1.54) is 0 Å². The van der Waals surface area contributed by atoms with Gasteiger partial charge in [-0.3, -0.25) is 9.59 Å². The van der Waals surface area contributed by atoms with Crippen LogP contribution in [0.2, 0.25) is 0 Å². The van der Waals surface area contributed by atoms with E-state index in [9.17, 15) is 9.59 Å². The SMILES string of the molecule is CC(C)CN1C(=O)[C@]2(CC(=O)Nc3c2cnn3C(C)(C)C)c2ccccc21. The Bertz CT molecular complexity index is 938. The van der Waals surface area contributed by atoms with Gasteiger partial charge in [0.05, 0.1) is 11.7 Å². The van der Waals surface area contributed by atoms with Crippen molar-refractivity contribution in [1.82, 2.24) is 9.78 Å².